The molecular formula is C17H21N5O4. The van der Waals surface area contributed by atoms with Crippen LogP contribution in [0.1, 0.15) is 11.3 Å². The second-order valence-corrected chi connectivity index (χ2v) is 5.66. The monoisotopic (exact) mass is 359 g/mol. The summed E-state index contributed by atoms with van der Waals surface area (Å²) in [6.07, 6.45) is 1.58. The van der Waals surface area contributed by atoms with Gasteiger partial charge in [-0.1, -0.05) is 12.1 Å². The minimum Gasteiger partial charge on any atom is -0.467 e. The SMILES string of the molecule is CN(C)C(=O)CNC(=NCc1ccc([N+](=O)[O-])cc1)NCc1ccco1. The molecule has 0 saturated carbocycles. The lowest BCUT2D eigenvalue weighted by molar-refractivity contribution is -0.384. The third kappa shape index (κ3) is 5.93. The Bertz CT molecular complexity index is 754. The van der Waals surface area contributed by atoms with Crippen LogP contribution in [0, 0.1) is 10.1 Å². The number of rotatable bonds is 7. The molecule has 0 fully saturated rings. The molecule has 9 nitrogen and oxygen atoms in total. The summed E-state index contributed by atoms with van der Waals surface area (Å²) in [6, 6.07) is 9.78. The minimum atomic E-state index is -0.447. The van der Waals surface area contributed by atoms with Crippen molar-refractivity contribution in [3.8, 4) is 0 Å². The molecule has 1 aromatic carbocycles. The van der Waals surface area contributed by atoms with Gasteiger partial charge in [-0.15, -0.1) is 0 Å². The van der Waals surface area contributed by atoms with E-state index >= 15 is 0 Å². The van der Waals surface area contributed by atoms with E-state index in [0.29, 0.717) is 19.0 Å². The zero-order chi connectivity index (χ0) is 18.9. The fourth-order valence-electron chi connectivity index (χ4n) is 1.97. The third-order valence-corrected chi connectivity index (χ3v) is 3.48. The van der Waals surface area contributed by atoms with E-state index in [0.717, 1.165) is 11.3 Å². The number of nitrogens with zero attached hydrogens (tertiary/aromatic N) is 3. The Labute approximate surface area is 150 Å². The Balaban J connectivity index is 2.01. The summed E-state index contributed by atoms with van der Waals surface area (Å²) in [4.78, 5) is 27.9. The van der Waals surface area contributed by atoms with Gasteiger partial charge in [0, 0.05) is 26.2 Å². The van der Waals surface area contributed by atoms with Gasteiger partial charge < -0.3 is 20.0 Å². The van der Waals surface area contributed by atoms with Crippen LogP contribution in [0.15, 0.2) is 52.1 Å². The topological polar surface area (TPSA) is 113 Å². The van der Waals surface area contributed by atoms with Crippen molar-refractivity contribution in [1.82, 2.24) is 15.5 Å². The fraction of sp³-hybridized carbons (Fsp3) is 0.294. The molecule has 26 heavy (non-hydrogen) atoms. The zero-order valence-electron chi connectivity index (χ0n) is 14.6. The molecule has 0 spiro atoms. The van der Waals surface area contributed by atoms with Crippen LogP contribution in [-0.2, 0) is 17.9 Å². The number of nitrogens with one attached hydrogen (secondary N) is 2. The van der Waals surface area contributed by atoms with Gasteiger partial charge in [0.2, 0.25) is 5.91 Å². The molecule has 2 rings (SSSR count). The van der Waals surface area contributed by atoms with Crippen LogP contribution in [0.4, 0.5) is 5.69 Å². The van der Waals surface area contributed by atoms with Gasteiger partial charge in [-0.25, -0.2) is 4.99 Å². The predicted octanol–water partition coefficient (Wildman–Crippen LogP) is 1.51. The first kappa shape index (κ1) is 19.0. The number of likely N-dealkylation sites (N-methyl/N-ethyl adjacent to an activating group) is 1. The van der Waals surface area contributed by atoms with Crippen molar-refractivity contribution in [2.45, 2.75) is 13.1 Å². The normalized spacial score (nSPS) is 11.1. The van der Waals surface area contributed by atoms with Gasteiger partial charge in [0.25, 0.3) is 5.69 Å². The second-order valence-electron chi connectivity index (χ2n) is 5.66. The summed E-state index contributed by atoms with van der Waals surface area (Å²) in [7, 11) is 3.35. The molecule has 0 unspecified atom stereocenters. The lowest BCUT2D eigenvalue weighted by atomic mass is 10.2. The summed E-state index contributed by atoms with van der Waals surface area (Å²) in [6.45, 7) is 0.814. The van der Waals surface area contributed by atoms with Gasteiger partial charge >= 0.3 is 0 Å². The number of aliphatic imine (C=N–C) groups is 1. The molecule has 0 aliphatic rings. The van der Waals surface area contributed by atoms with Crippen LogP contribution in [0.3, 0.4) is 0 Å². The van der Waals surface area contributed by atoms with E-state index in [1.54, 1.807) is 38.6 Å². The first-order chi connectivity index (χ1) is 12.5. The number of carbonyl (C=O) groups is 1. The summed E-state index contributed by atoms with van der Waals surface area (Å²) in [5, 5.41) is 16.7. The third-order valence-electron chi connectivity index (χ3n) is 3.48. The Hall–Kier alpha value is -3.36. The van der Waals surface area contributed by atoms with Crippen LogP contribution in [0.25, 0.3) is 0 Å². The van der Waals surface area contributed by atoms with Crippen LogP contribution in [0.5, 0.6) is 0 Å². The number of carbonyl (C=O) groups excluding carboxylic acids is 1. The molecule has 138 valence electrons. The highest BCUT2D eigenvalue weighted by Gasteiger charge is 2.07. The van der Waals surface area contributed by atoms with Gasteiger partial charge in [-0.05, 0) is 17.7 Å². The highest BCUT2D eigenvalue weighted by molar-refractivity contribution is 5.86. The molecular weight excluding hydrogens is 338 g/mol. The smallest absolute Gasteiger partial charge is 0.269 e. The number of guanidine groups is 1. The minimum absolute atomic E-state index is 0.0311. The molecule has 0 atom stereocenters. The number of non-ortho nitro benzene ring substituents is 1. The molecule has 1 amide bonds. The number of nitro benzene ring substituents is 1. The van der Waals surface area contributed by atoms with E-state index in [4.69, 9.17) is 4.42 Å². The number of nitro groups is 1. The lowest BCUT2D eigenvalue weighted by Crippen LogP contribution is -2.42. The maximum Gasteiger partial charge on any atom is 0.269 e. The lowest BCUT2D eigenvalue weighted by Gasteiger charge is -2.14. The standard InChI is InChI=1S/C17H21N5O4/c1-21(2)16(23)12-20-17(19-11-15-4-3-9-26-15)18-10-13-5-7-14(8-6-13)22(24)25/h3-9H,10-12H2,1-2H3,(H2,18,19,20). The summed E-state index contributed by atoms with van der Waals surface area (Å²) in [5.41, 5.74) is 0.845. The first-order valence-electron chi connectivity index (χ1n) is 7.94. The van der Waals surface area contributed by atoms with E-state index in [1.165, 1.54) is 17.0 Å². The van der Waals surface area contributed by atoms with Gasteiger partial charge in [0.1, 0.15) is 5.76 Å². The van der Waals surface area contributed by atoms with Crippen molar-refractivity contribution in [2.24, 2.45) is 4.99 Å². The van der Waals surface area contributed by atoms with Crippen molar-refractivity contribution in [2.75, 3.05) is 20.6 Å². The highest BCUT2D eigenvalue weighted by atomic mass is 16.6. The van der Waals surface area contributed by atoms with Crippen molar-refractivity contribution in [3.05, 3.63) is 64.1 Å². The largest absolute Gasteiger partial charge is 0.467 e. The second kappa shape index (κ2) is 9.21. The number of benzene rings is 1. The maximum atomic E-state index is 11.8. The predicted molar refractivity (Wildman–Crippen MR) is 96.5 cm³/mol. The Morgan fingerprint density at radius 2 is 1.96 bits per heavy atom. The molecule has 2 N–H and O–H groups in total. The average Bonchev–Trinajstić information content (AvgIpc) is 3.14. The van der Waals surface area contributed by atoms with Crippen LogP contribution < -0.4 is 10.6 Å². The van der Waals surface area contributed by atoms with E-state index < -0.39 is 4.92 Å². The molecule has 2 aromatic rings. The van der Waals surface area contributed by atoms with Crippen LogP contribution in [0.2, 0.25) is 0 Å². The molecule has 0 aliphatic carbocycles. The molecule has 1 heterocycles. The Morgan fingerprint density at radius 1 is 1.23 bits per heavy atom. The van der Waals surface area contributed by atoms with E-state index in [2.05, 4.69) is 15.6 Å². The van der Waals surface area contributed by atoms with Crippen LogP contribution in [-0.4, -0.2) is 42.3 Å². The summed E-state index contributed by atoms with van der Waals surface area (Å²) in [5.74, 6) is 1.08. The van der Waals surface area contributed by atoms with Gasteiger partial charge in [-0.2, -0.15) is 0 Å². The summed E-state index contributed by atoms with van der Waals surface area (Å²) >= 11 is 0. The first-order valence-corrected chi connectivity index (χ1v) is 7.94. The molecule has 1 aromatic heterocycles. The van der Waals surface area contributed by atoms with Crippen molar-refractivity contribution in [3.63, 3.8) is 0 Å². The zero-order valence-corrected chi connectivity index (χ0v) is 14.6. The van der Waals surface area contributed by atoms with Gasteiger partial charge in [0.15, 0.2) is 5.96 Å². The van der Waals surface area contributed by atoms with Gasteiger partial charge in [0.05, 0.1) is 30.8 Å². The summed E-state index contributed by atoms with van der Waals surface area (Å²) < 4.78 is 5.26. The van der Waals surface area contributed by atoms with Crippen molar-refractivity contribution < 1.29 is 14.1 Å². The van der Waals surface area contributed by atoms with Gasteiger partial charge in [-0.3, -0.25) is 14.9 Å². The highest BCUT2D eigenvalue weighted by Crippen LogP contribution is 2.12. The molecule has 0 bridgehead atoms. The number of furan rings is 1. The fourth-order valence-corrected chi connectivity index (χ4v) is 1.97. The number of amides is 1. The van der Waals surface area contributed by atoms with Crippen molar-refractivity contribution >= 4 is 17.6 Å². The molecule has 0 aliphatic heterocycles. The number of hydrogen-bond donors (Lipinski definition) is 2. The molecule has 9 heteroatoms. The molecule has 0 radical (unpaired) electrons. The van der Waals surface area contributed by atoms with Crippen LogP contribution >= 0.6 is 0 Å². The molecule has 0 saturated heterocycles. The number of hydrogen-bond acceptors (Lipinski definition) is 5. The van der Waals surface area contributed by atoms with E-state index in [9.17, 15) is 14.9 Å². The average molecular weight is 359 g/mol. The van der Waals surface area contributed by atoms with Crippen molar-refractivity contribution in [1.29, 1.82) is 0 Å². The van der Waals surface area contributed by atoms with E-state index in [-0.39, 0.29) is 18.1 Å². The van der Waals surface area contributed by atoms with E-state index in [1.807, 2.05) is 6.07 Å². The quantitative estimate of drug-likeness (QED) is 0.335. The Kier molecular flexibility index (Phi) is 6.72. The Morgan fingerprint density at radius 3 is 2.54 bits per heavy atom. The maximum absolute atomic E-state index is 11.8.